The zero-order valence-corrected chi connectivity index (χ0v) is 40.2. The summed E-state index contributed by atoms with van der Waals surface area (Å²) in [4.78, 5) is 97.3. The number of nitrogens with one attached hydrogen (secondary N) is 3. The largest absolute Gasteiger partial charge is 0.508 e. The lowest BCUT2D eigenvalue weighted by molar-refractivity contribution is -0.136. The molecule has 2 aromatic heterocycles. The Hall–Kier alpha value is -8.09. The number of hydrogen-bond donors (Lipinski definition) is 4. The first kappa shape index (κ1) is 48.2. The number of aromatic hydroxyl groups is 1. The summed E-state index contributed by atoms with van der Waals surface area (Å²) in [6.45, 7) is 6.19. The van der Waals surface area contributed by atoms with Crippen molar-refractivity contribution in [2.45, 2.75) is 81.1 Å². The first-order valence-electron chi connectivity index (χ1n) is 24.5. The summed E-state index contributed by atoms with van der Waals surface area (Å²) in [5.74, 6) is -1.91. The van der Waals surface area contributed by atoms with Crippen LogP contribution < -0.4 is 25.6 Å². The molecular formula is C53H50F2N10O9. The van der Waals surface area contributed by atoms with Gasteiger partial charge in [0.25, 0.3) is 11.8 Å². The number of fused-ring (bicyclic) bond motifs is 6. The molecule has 74 heavy (non-hydrogen) atoms. The number of piperidine rings is 1. The van der Waals surface area contributed by atoms with Gasteiger partial charge in [-0.05, 0) is 80.3 Å². The van der Waals surface area contributed by atoms with Gasteiger partial charge in [0, 0.05) is 87.0 Å². The normalized spacial score (nSPS) is 23.3. The van der Waals surface area contributed by atoms with E-state index < -0.39 is 58.8 Å². The first-order chi connectivity index (χ1) is 35.6. The maximum Gasteiger partial charge on any atom is 0.409 e. The topological polar surface area (TPSA) is 229 Å². The van der Waals surface area contributed by atoms with Crippen LogP contribution in [0.2, 0.25) is 0 Å². The lowest BCUT2D eigenvalue weighted by atomic mass is 9.94. The van der Waals surface area contributed by atoms with E-state index in [0.717, 1.165) is 23.3 Å². The molecule has 5 atom stereocenters. The highest BCUT2D eigenvalue weighted by Crippen LogP contribution is 2.45. The summed E-state index contributed by atoms with van der Waals surface area (Å²) in [7, 11) is 1.51. The Bertz CT molecular complexity index is 3320. The molecule has 11 rings (SSSR count). The predicted octanol–water partition coefficient (Wildman–Crippen LogP) is 4.79. The Balaban J connectivity index is 0.756. The van der Waals surface area contributed by atoms with Crippen LogP contribution in [0, 0.1) is 24.0 Å². The third-order valence-electron chi connectivity index (χ3n) is 15.2. The molecule has 1 unspecified atom stereocenters. The van der Waals surface area contributed by atoms with E-state index >= 15 is 8.78 Å². The Morgan fingerprint density at radius 1 is 1.01 bits per heavy atom. The molecule has 5 aromatic rings. The molecule has 0 aliphatic carbocycles. The first-order valence-corrected chi connectivity index (χ1v) is 24.5. The van der Waals surface area contributed by atoms with Crippen LogP contribution in [-0.2, 0) is 19.1 Å². The van der Waals surface area contributed by atoms with Crippen LogP contribution in [0.3, 0.4) is 0 Å². The van der Waals surface area contributed by atoms with Crippen molar-refractivity contribution in [2.24, 2.45) is 0 Å². The van der Waals surface area contributed by atoms with Gasteiger partial charge in [-0.3, -0.25) is 44.1 Å². The number of nitrogens with zero attached hydrogens (tertiary/aromatic N) is 7. The maximum absolute atomic E-state index is 17.2. The second kappa shape index (κ2) is 18.8. The van der Waals surface area contributed by atoms with E-state index in [1.165, 1.54) is 60.6 Å². The standard InChI is InChI=1S/C53H50F2N10O9/c1-4-34-39(54)10-5-28-17-33(66)19-37(43(28)34)45-44(55)46-38(21-56-45)47(63-23-30-6-7-31(24-63)57-30)61-51(60-46)74-26-53-15-13-32(64(53)22-27(2)20-53)25-73-52(72)62(3)16-14-42(68)58-29-8-9-35-36(18-29)50(71)65(49(35)70)40-11-12-41(67)59-48(40)69/h1,5,8-10,17-19,21,30-32,40,57,66H,2,6-7,11-16,20,22-26H2,3H3,(H,58,68)(H,59,67,69)/t30-,31+,32-,40?,53-/m0/s1. The monoisotopic (exact) mass is 1010 g/mol. The van der Waals surface area contributed by atoms with Crippen molar-refractivity contribution in [1.82, 2.24) is 40.3 Å². The molecule has 2 bridgehead atoms. The summed E-state index contributed by atoms with van der Waals surface area (Å²) in [5.41, 5.74) is 0.449. The number of halogens is 2. The number of hydrogen-bond acceptors (Lipinski definition) is 15. The number of imide groups is 2. The van der Waals surface area contributed by atoms with Gasteiger partial charge in [0.15, 0.2) is 5.82 Å². The van der Waals surface area contributed by atoms with E-state index in [4.69, 9.17) is 20.9 Å². The average Bonchev–Trinajstić information content (AvgIpc) is 4.08. The van der Waals surface area contributed by atoms with E-state index in [0.29, 0.717) is 55.5 Å². The molecular weight excluding hydrogens is 959 g/mol. The molecule has 5 saturated heterocycles. The van der Waals surface area contributed by atoms with Gasteiger partial charge in [0.05, 0.1) is 27.6 Å². The summed E-state index contributed by atoms with van der Waals surface area (Å²) < 4.78 is 44.6. The Morgan fingerprint density at radius 2 is 1.80 bits per heavy atom. The summed E-state index contributed by atoms with van der Waals surface area (Å²) in [6.07, 6.45) is 10.3. The number of rotatable bonds is 12. The quantitative estimate of drug-likeness (QED) is 0.0749. The molecule has 6 aliphatic rings. The number of phenols is 1. The van der Waals surface area contributed by atoms with Crippen molar-refractivity contribution in [3.8, 4) is 35.4 Å². The smallest absolute Gasteiger partial charge is 0.409 e. The molecule has 5 fully saturated rings. The number of terminal acetylenes is 1. The van der Waals surface area contributed by atoms with Gasteiger partial charge in [0.2, 0.25) is 17.7 Å². The van der Waals surface area contributed by atoms with Crippen molar-refractivity contribution in [1.29, 1.82) is 0 Å². The zero-order chi connectivity index (χ0) is 51.7. The molecule has 0 spiro atoms. The molecule has 0 radical (unpaired) electrons. The van der Waals surface area contributed by atoms with E-state index in [2.05, 4.69) is 48.2 Å². The Morgan fingerprint density at radius 3 is 2.57 bits per heavy atom. The predicted molar refractivity (Wildman–Crippen MR) is 264 cm³/mol. The van der Waals surface area contributed by atoms with Crippen LogP contribution in [0.15, 0.2) is 60.8 Å². The van der Waals surface area contributed by atoms with Gasteiger partial charge < -0.3 is 35.0 Å². The average molecular weight is 1010 g/mol. The minimum atomic E-state index is -1.12. The molecule has 0 saturated carbocycles. The van der Waals surface area contributed by atoms with Gasteiger partial charge in [-0.15, -0.1) is 6.42 Å². The lowest BCUT2D eigenvalue weighted by Crippen LogP contribution is -2.54. The molecule has 6 amide bonds. The third-order valence-corrected chi connectivity index (χ3v) is 15.2. The van der Waals surface area contributed by atoms with Crippen LogP contribution >= 0.6 is 0 Å². The van der Waals surface area contributed by atoms with Crippen LogP contribution in [-0.4, -0.2) is 147 Å². The molecule has 4 N–H and O–H groups in total. The van der Waals surface area contributed by atoms with Gasteiger partial charge in [0.1, 0.15) is 47.9 Å². The highest BCUT2D eigenvalue weighted by Gasteiger charge is 2.52. The van der Waals surface area contributed by atoms with E-state index in [9.17, 15) is 33.9 Å². The number of amides is 6. The number of phenolic OH excluding ortho intramolecular Hbond substituents is 1. The Labute approximate surface area is 422 Å². The summed E-state index contributed by atoms with van der Waals surface area (Å²) in [5, 5.41) is 20.2. The SMILES string of the molecule is C#Cc1c(F)ccc2cc(O)cc(-c3ncc4c(N5C[C@H]6CC[C@@H](C5)N6)nc(OC[C@@]56CC[C@@H](COC(=O)N(C)CCC(=O)Nc7ccc8c(c7)C(=O)N(C7CCC(=O)NC7=O)C8=O)N5CC(=C)C6)nc4c3F)c12. The number of benzene rings is 3. The minimum absolute atomic E-state index is 0.00463. The third kappa shape index (κ3) is 8.56. The van der Waals surface area contributed by atoms with E-state index in [1.54, 1.807) is 0 Å². The Kier molecular flexibility index (Phi) is 12.2. The van der Waals surface area contributed by atoms with Crippen LogP contribution in [0.4, 0.5) is 25.1 Å². The number of pyridine rings is 1. The van der Waals surface area contributed by atoms with Crippen molar-refractivity contribution in [3.63, 3.8) is 0 Å². The second-order valence-electron chi connectivity index (χ2n) is 20.0. The van der Waals surface area contributed by atoms with Crippen molar-refractivity contribution in [3.05, 3.63) is 89.1 Å². The molecule has 8 heterocycles. The summed E-state index contributed by atoms with van der Waals surface area (Å²) in [6, 6.07) is 8.63. The molecule has 19 nitrogen and oxygen atoms in total. The van der Waals surface area contributed by atoms with Gasteiger partial charge in [-0.1, -0.05) is 24.1 Å². The van der Waals surface area contributed by atoms with Gasteiger partial charge in [-0.2, -0.15) is 9.97 Å². The zero-order valence-electron chi connectivity index (χ0n) is 40.2. The van der Waals surface area contributed by atoms with Gasteiger partial charge in [-0.25, -0.2) is 13.6 Å². The molecule has 6 aliphatic heterocycles. The molecule has 21 heteroatoms. The lowest BCUT2D eigenvalue weighted by Gasteiger charge is -2.35. The fourth-order valence-electron chi connectivity index (χ4n) is 11.6. The second-order valence-corrected chi connectivity index (χ2v) is 20.0. The van der Waals surface area contributed by atoms with Crippen LogP contribution in [0.1, 0.15) is 77.6 Å². The number of anilines is 2. The van der Waals surface area contributed by atoms with E-state index in [1.807, 2.05) is 0 Å². The highest BCUT2D eigenvalue weighted by atomic mass is 19.1. The number of ether oxygens (including phenoxy) is 2. The number of piperazine rings is 1. The number of carbonyl (C=O) groups excluding carboxylic acids is 6. The van der Waals surface area contributed by atoms with Gasteiger partial charge >= 0.3 is 12.1 Å². The van der Waals surface area contributed by atoms with Crippen molar-refractivity contribution >= 4 is 68.8 Å². The highest BCUT2D eigenvalue weighted by molar-refractivity contribution is 6.24. The van der Waals surface area contributed by atoms with Crippen molar-refractivity contribution in [2.75, 3.05) is 56.7 Å². The molecule has 380 valence electrons. The van der Waals surface area contributed by atoms with Crippen LogP contribution in [0.25, 0.3) is 32.9 Å². The maximum atomic E-state index is 17.2. The number of aromatic nitrogens is 3. The fourth-order valence-corrected chi connectivity index (χ4v) is 11.6. The summed E-state index contributed by atoms with van der Waals surface area (Å²) >= 11 is 0. The molecule has 3 aromatic carbocycles. The van der Waals surface area contributed by atoms with Crippen LogP contribution in [0.5, 0.6) is 11.8 Å². The fraction of sp³-hybridized carbons (Fsp3) is 0.377. The van der Waals surface area contributed by atoms with Crippen molar-refractivity contribution < 1.29 is 52.1 Å². The number of carbonyl (C=O) groups is 6. The van der Waals surface area contributed by atoms with E-state index in [-0.39, 0.29) is 113 Å². The minimum Gasteiger partial charge on any atom is -0.508 e.